The maximum Gasteiger partial charge on any atom is 0.349 e. The van der Waals surface area contributed by atoms with Crippen molar-refractivity contribution in [2.45, 2.75) is 25.1 Å². The van der Waals surface area contributed by atoms with Crippen LogP contribution in [0.1, 0.15) is 24.1 Å². The number of carbonyl (C=O) groups excluding carboxylic acids is 5. The van der Waals surface area contributed by atoms with Crippen LogP contribution in [0.4, 0.5) is 0 Å². The number of amides is 3. The molecule has 0 radical (unpaired) electrons. The maximum atomic E-state index is 14.4. The normalized spacial score (nSPS) is 24.3. The molecule has 11 heteroatoms. The number of aliphatic hydroxyl groups is 1. The first kappa shape index (κ1) is 26.8. The van der Waals surface area contributed by atoms with Gasteiger partial charge in [-0.3, -0.25) is 24.2 Å². The molecule has 1 N–H and O–H groups in total. The van der Waals surface area contributed by atoms with Crippen molar-refractivity contribution in [1.82, 2.24) is 14.7 Å². The predicted molar refractivity (Wildman–Crippen MR) is 138 cm³/mol. The Kier molecular flexibility index (Phi) is 6.54. The minimum absolute atomic E-state index is 0.00543. The Hall–Kier alpha value is -4.77. The van der Waals surface area contributed by atoms with E-state index >= 15 is 0 Å². The van der Waals surface area contributed by atoms with Crippen molar-refractivity contribution >= 4 is 29.7 Å². The Morgan fingerprint density at radius 1 is 0.950 bits per heavy atom. The number of fused-ring (bicyclic) bond motifs is 2. The van der Waals surface area contributed by atoms with E-state index in [1.807, 2.05) is 30.3 Å². The fraction of sp³-hybridized carbons (Fsp3) is 0.276. The first-order chi connectivity index (χ1) is 19.1. The third-order valence-corrected chi connectivity index (χ3v) is 7.62. The van der Waals surface area contributed by atoms with Crippen LogP contribution >= 0.6 is 0 Å². The van der Waals surface area contributed by atoms with Crippen LogP contribution < -0.4 is 0 Å². The summed E-state index contributed by atoms with van der Waals surface area (Å²) in [5, 5.41) is 11.8. The van der Waals surface area contributed by atoms with E-state index in [2.05, 4.69) is 0 Å². The van der Waals surface area contributed by atoms with Gasteiger partial charge in [-0.25, -0.2) is 9.59 Å². The lowest BCUT2D eigenvalue weighted by Crippen LogP contribution is -2.66. The van der Waals surface area contributed by atoms with E-state index in [4.69, 9.17) is 9.47 Å². The van der Waals surface area contributed by atoms with Crippen LogP contribution in [-0.4, -0.2) is 76.3 Å². The second kappa shape index (κ2) is 9.76. The number of ether oxygens (including phenoxy) is 2. The summed E-state index contributed by atoms with van der Waals surface area (Å²) in [6.07, 6.45) is 0. The molecule has 0 aliphatic carbocycles. The first-order valence-electron chi connectivity index (χ1n) is 12.5. The molecular weight excluding hydrogens is 518 g/mol. The number of esters is 2. The van der Waals surface area contributed by atoms with Crippen LogP contribution in [0.5, 0.6) is 0 Å². The van der Waals surface area contributed by atoms with Gasteiger partial charge < -0.3 is 19.5 Å². The van der Waals surface area contributed by atoms with Gasteiger partial charge in [-0.2, -0.15) is 0 Å². The number of benzene rings is 2. The van der Waals surface area contributed by atoms with E-state index in [-0.39, 0.29) is 23.5 Å². The van der Waals surface area contributed by atoms with Gasteiger partial charge in [0.25, 0.3) is 17.4 Å². The number of methoxy groups -OCH3 is 2. The average Bonchev–Trinajstić information content (AvgIpc) is 3.20. The predicted octanol–water partition coefficient (Wildman–Crippen LogP) is 1.26. The van der Waals surface area contributed by atoms with Gasteiger partial charge in [-0.15, -0.1) is 0 Å². The van der Waals surface area contributed by atoms with Gasteiger partial charge in [0, 0.05) is 19.3 Å². The van der Waals surface area contributed by atoms with Crippen LogP contribution in [0.15, 0.2) is 83.3 Å². The number of imide groups is 1. The van der Waals surface area contributed by atoms with Gasteiger partial charge in [-0.1, -0.05) is 60.7 Å². The fourth-order valence-corrected chi connectivity index (χ4v) is 5.65. The van der Waals surface area contributed by atoms with E-state index in [9.17, 15) is 29.1 Å². The quantitative estimate of drug-likeness (QED) is 0.335. The first-order valence-corrected chi connectivity index (χ1v) is 12.5. The number of nitrogens with zero attached hydrogens (tertiary/aromatic N) is 3. The van der Waals surface area contributed by atoms with Gasteiger partial charge in [0.1, 0.15) is 11.7 Å². The molecule has 2 aromatic carbocycles. The molecule has 1 fully saturated rings. The van der Waals surface area contributed by atoms with E-state index in [0.29, 0.717) is 11.3 Å². The van der Waals surface area contributed by atoms with Crippen molar-refractivity contribution in [3.8, 4) is 0 Å². The summed E-state index contributed by atoms with van der Waals surface area (Å²) in [6.45, 7) is 1.74. The summed E-state index contributed by atoms with van der Waals surface area (Å²) >= 11 is 0. The van der Waals surface area contributed by atoms with Crippen molar-refractivity contribution in [3.63, 3.8) is 0 Å². The molecule has 0 spiro atoms. The molecule has 0 bridgehead atoms. The monoisotopic (exact) mass is 545 g/mol. The highest BCUT2D eigenvalue weighted by Crippen LogP contribution is 2.51. The highest BCUT2D eigenvalue weighted by molar-refractivity contribution is 6.23. The van der Waals surface area contributed by atoms with Crippen LogP contribution in [0.25, 0.3) is 0 Å². The van der Waals surface area contributed by atoms with Gasteiger partial charge >= 0.3 is 11.9 Å². The third-order valence-electron chi connectivity index (χ3n) is 7.62. The molecule has 40 heavy (non-hydrogen) atoms. The molecule has 3 heterocycles. The number of hydrogen-bond donors (Lipinski definition) is 1. The Balaban J connectivity index is 1.91. The van der Waals surface area contributed by atoms with E-state index < -0.39 is 47.2 Å². The summed E-state index contributed by atoms with van der Waals surface area (Å²) in [5.41, 5.74) is -1.68. The molecule has 0 aromatic heterocycles. The van der Waals surface area contributed by atoms with E-state index in [0.717, 1.165) is 22.5 Å². The maximum absolute atomic E-state index is 14.4. The lowest BCUT2D eigenvalue weighted by Gasteiger charge is -2.51. The summed E-state index contributed by atoms with van der Waals surface area (Å²) in [6, 6.07) is 16.4. The Morgan fingerprint density at radius 3 is 2.12 bits per heavy atom. The van der Waals surface area contributed by atoms with E-state index in [1.165, 1.54) is 14.2 Å². The number of allylic oxidation sites excluding steroid dienone is 1. The molecule has 3 aliphatic heterocycles. The lowest BCUT2D eigenvalue weighted by atomic mass is 9.76. The molecule has 3 aliphatic rings. The largest absolute Gasteiger partial charge is 0.466 e. The number of carbonyl (C=O) groups is 5. The Bertz CT molecular complexity index is 1500. The molecule has 11 nitrogen and oxygen atoms in total. The lowest BCUT2D eigenvalue weighted by molar-refractivity contribution is -0.184. The fourth-order valence-electron chi connectivity index (χ4n) is 5.65. The topological polar surface area (TPSA) is 134 Å². The zero-order valence-corrected chi connectivity index (χ0v) is 22.3. The molecule has 0 saturated carbocycles. The molecular formula is C29H27N3O8. The van der Waals surface area contributed by atoms with Gasteiger partial charge in [0.15, 0.2) is 0 Å². The molecule has 3 atom stereocenters. The number of rotatable bonds is 5. The average molecular weight is 546 g/mol. The van der Waals surface area contributed by atoms with Gasteiger partial charge in [-0.05, 0) is 18.1 Å². The van der Waals surface area contributed by atoms with Crippen molar-refractivity contribution < 1.29 is 38.6 Å². The van der Waals surface area contributed by atoms with Crippen molar-refractivity contribution in [2.24, 2.45) is 5.92 Å². The number of hydrogen-bond acceptors (Lipinski definition) is 9. The highest BCUT2D eigenvalue weighted by Gasteiger charge is 2.69. The second-order valence-electron chi connectivity index (χ2n) is 9.68. The number of likely N-dealkylation sites (N-methyl/N-ethyl adjacent to an activating group) is 1. The molecule has 206 valence electrons. The van der Waals surface area contributed by atoms with Crippen LogP contribution in [0.2, 0.25) is 0 Å². The SMILES string of the molecule is COC(=O)C1=C(C)N(Cc2ccccc2)C2=C3C(=O)N(C)C(=O)[C@@H]3[C@@](O)(C(=O)OC)C(=O)N2C1c1ccccc1. The third kappa shape index (κ3) is 3.65. The summed E-state index contributed by atoms with van der Waals surface area (Å²) in [5.74, 6) is -6.93. The molecule has 1 unspecified atom stereocenters. The minimum atomic E-state index is -3.07. The molecule has 5 rings (SSSR count). The van der Waals surface area contributed by atoms with Crippen LogP contribution in [-0.2, 0) is 40.0 Å². The van der Waals surface area contributed by atoms with Crippen LogP contribution in [0.3, 0.4) is 0 Å². The summed E-state index contributed by atoms with van der Waals surface area (Å²) < 4.78 is 9.92. The van der Waals surface area contributed by atoms with Gasteiger partial charge in [0.2, 0.25) is 5.91 Å². The standard InChI is InChI=1S/C29H27N3O8/c1-16-19(26(35)39-3)22(18-13-9-6-10-14-18)32-23(31(16)15-17-11-7-5-8-12-17)20-21(25(34)30(2)24(20)33)29(38,27(32)36)28(37)40-4/h5-14,21-22,38H,15H2,1-4H3/t21-,22?,29+/m1/s1. The van der Waals surface area contributed by atoms with Gasteiger partial charge in [0.05, 0.1) is 31.4 Å². The zero-order chi connectivity index (χ0) is 28.9. The molecule has 1 saturated heterocycles. The summed E-state index contributed by atoms with van der Waals surface area (Å²) in [4.78, 5) is 71.2. The van der Waals surface area contributed by atoms with Crippen molar-refractivity contribution in [1.29, 1.82) is 0 Å². The molecule has 3 amide bonds. The number of likely N-dealkylation sites (tertiary alicyclic amines) is 1. The van der Waals surface area contributed by atoms with Crippen molar-refractivity contribution in [2.75, 3.05) is 21.3 Å². The van der Waals surface area contributed by atoms with Crippen LogP contribution in [0, 0.1) is 5.92 Å². The zero-order valence-electron chi connectivity index (χ0n) is 22.3. The smallest absolute Gasteiger partial charge is 0.349 e. The van der Waals surface area contributed by atoms with Crippen molar-refractivity contribution in [3.05, 3.63) is 94.5 Å². The minimum Gasteiger partial charge on any atom is -0.466 e. The second-order valence-corrected chi connectivity index (χ2v) is 9.68. The van der Waals surface area contributed by atoms with E-state index in [1.54, 1.807) is 42.2 Å². The highest BCUT2D eigenvalue weighted by atomic mass is 16.5. The molecule has 2 aromatic rings. The Labute approximate surface area is 229 Å². The summed E-state index contributed by atoms with van der Waals surface area (Å²) in [7, 11) is 3.38. The Morgan fingerprint density at radius 2 is 1.55 bits per heavy atom.